The highest BCUT2D eigenvalue weighted by molar-refractivity contribution is 7.89. The number of esters is 1. The minimum atomic E-state index is -4.98. The number of nitrogens with zero attached hydrogens (tertiary/aromatic N) is 2. The second-order valence-corrected chi connectivity index (χ2v) is 6.67. The Morgan fingerprint density at radius 3 is 2.75 bits per heavy atom. The number of rotatable bonds is 4. The molecule has 134 valence electrons. The maximum atomic E-state index is 12.9. The standard InChI is InChI=1S/C11H13F3N4O5S/c1-23-8(19)4-6-10(20)15-2-3-18(6)24(21,22)7-5-16-17-9(7)11(12,13)14/h5-6H,2-4H2,1H3,(H,15,20)(H,16,17). The topological polar surface area (TPSA) is 121 Å². The number of alkyl halides is 3. The zero-order valence-electron chi connectivity index (χ0n) is 12.3. The van der Waals surface area contributed by atoms with Crippen molar-refractivity contribution in [3.8, 4) is 0 Å². The van der Waals surface area contributed by atoms with Gasteiger partial charge in [-0.05, 0) is 0 Å². The van der Waals surface area contributed by atoms with Crippen LogP contribution in [0.1, 0.15) is 12.1 Å². The van der Waals surface area contributed by atoms with Crippen LogP contribution in [-0.4, -0.2) is 61.0 Å². The fourth-order valence-electron chi connectivity index (χ4n) is 2.22. The summed E-state index contributed by atoms with van der Waals surface area (Å²) in [6.07, 6.45) is -5.09. The van der Waals surface area contributed by atoms with Crippen LogP contribution in [0.3, 0.4) is 0 Å². The number of nitrogens with one attached hydrogen (secondary N) is 2. The molecule has 1 aliphatic rings. The Kier molecular flexibility index (Phi) is 4.85. The van der Waals surface area contributed by atoms with Gasteiger partial charge in [0.15, 0.2) is 5.69 Å². The van der Waals surface area contributed by atoms with Crippen LogP contribution < -0.4 is 5.32 Å². The molecule has 1 atom stereocenters. The second-order valence-electron chi connectivity index (χ2n) is 4.81. The van der Waals surface area contributed by atoms with Crippen LogP contribution in [0.2, 0.25) is 0 Å². The molecule has 0 radical (unpaired) electrons. The first kappa shape index (κ1) is 18.2. The van der Waals surface area contributed by atoms with Crippen LogP contribution in [0.4, 0.5) is 13.2 Å². The molecule has 9 nitrogen and oxygen atoms in total. The van der Waals surface area contributed by atoms with Crippen molar-refractivity contribution in [2.45, 2.75) is 23.5 Å². The van der Waals surface area contributed by atoms with Gasteiger partial charge in [0.05, 0.1) is 19.7 Å². The smallest absolute Gasteiger partial charge is 0.434 e. The van der Waals surface area contributed by atoms with Crippen LogP contribution in [-0.2, 0) is 30.5 Å². The molecular formula is C11H13F3N4O5S. The third-order valence-corrected chi connectivity index (χ3v) is 5.26. The molecule has 0 bridgehead atoms. The lowest BCUT2D eigenvalue weighted by Gasteiger charge is -2.33. The number of halogens is 3. The Labute approximate surface area is 134 Å². The molecule has 0 aromatic carbocycles. The molecule has 1 amide bonds. The molecule has 1 aromatic heterocycles. The van der Waals surface area contributed by atoms with E-state index < -0.39 is 51.1 Å². The minimum absolute atomic E-state index is 0.102. The van der Waals surface area contributed by atoms with E-state index in [-0.39, 0.29) is 13.1 Å². The van der Waals surface area contributed by atoms with Gasteiger partial charge in [-0.15, -0.1) is 0 Å². The van der Waals surface area contributed by atoms with Crippen molar-refractivity contribution in [1.82, 2.24) is 19.8 Å². The summed E-state index contributed by atoms with van der Waals surface area (Å²) in [7, 11) is -3.68. The molecule has 1 saturated heterocycles. The second kappa shape index (κ2) is 6.39. The van der Waals surface area contributed by atoms with E-state index in [9.17, 15) is 31.2 Å². The first-order chi connectivity index (χ1) is 11.1. The minimum Gasteiger partial charge on any atom is -0.469 e. The molecule has 24 heavy (non-hydrogen) atoms. The van der Waals surface area contributed by atoms with Gasteiger partial charge in [0.2, 0.25) is 15.9 Å². The number of carbonyl (C=O) groups excluding carboxylic acids is 2. The Morgan fingerprint density at radius 1 is 1.50 bits per heavy atom. The fourth-order valence-corrected chi connectivity index (χ4v) is 3.91. The van der Waals surface area contributed by atoms with E-state index in [1.807, 2.05) is 0 Å². The normalized spacial score (nSPS) is 19.8. The Bertz CT molecular complexity index is 745. The maximum absolute atomic E-state index is 12.9. The number of piperazine rings is 1. The van der Waals surface area contributed by atoms with Gasteiger partial charge in [-0.25, -0.2) is 8.42 Å². The van der Waals surface area contributed by atoms with Gasteiger partial charge in [-0.2, -0.15) is 22.6 Å². The third-order valence-electron chi connectivity index (χ3n) is 3.34. The summed E-state index contributed by atoms with van der Waals surface area (Å²) in [5.41, 5.74) is -1.55. The average Bonchev–Trinajstić information content (AvgIpc) is 2.99. The quantitative estimate of drug-likeness (QED) is 0.688. The van der Waals surface area contributed by atoms with Crippen LogP contribution in [0.25, 0.3) is 0 Å². The van der Waals surface area contributed by atoms with Gasteiger partial charge >= 0.3 is 12.1 Å². The highest BCUT2D eigenvalue weighted by Crippen LogP contribution is 2.34. The lowest BCUT2D eigenvalue weighted by Crippen LogP contribution is -2.57. The largest absolute Gasteiger partial charge is 0.469 e. The van der Waals surface area contributed by atoms with E-state index in [4.69, 9.17) is 0 Å². The summed E-state index contributed by atoms with van der Waals surface area (Å²) in [5, 5.41) is 7.08. The van der Waals surface area contributed by atoms with Crippen molar-refractivity contribution in [3.63, 3.8) is 0 Å². The molecule has 1 fully saturated rings. The zero-order valence-corrected chi connectivity index (χ0v) is 13.1. The summed E-state index contributed by atoms with van der Waals surface area (Å²) >= 11 is 0. The first-order valence-electron chi connectivity index (χ1n) is 6.56. The Balaban J connectivity index is 2.44. The predicted octanol–water partition coefficient (Wildman–Crippen LogP) is -0.519. The summed E-state index contributed by atoms with van der Waals surface area (Å²) in [6.45, 7) is -0.396. The van der Waals surface area contributed by atoms with Crippen molar-refractivity contribution < 1.29 is 35.9 Å². The van der Waals surface area contributed by atoms with Gasteiger partial charge in [-0.3, -0.25) is 14.7 Å². The maximum Gasteiger partial charge on any atom is 0.434 e. The third kappa shape index (κ3) is 3.36. The van der Waals surface area contributed by atoms with Crippen molar-refractivity contribution in [1.29, 1.82) is 0 Å². The van der Waals surface area contributed by atoms with E-state index in [1.54, 1.807) is 5.10 Å². The van der Waals surface area contributed by atoms with Crippen LogP contribution >= 0.6 is 0 Å². The molecule has 2 heterocycles. The molecule has 2 N–H and O–H groups in total. The molecule has 1 unspecified atom stereocenters. The van der Waals surface area contributed by atoms with Gasteiger partial charge in [-0.1, -0.05) is 0 Å². The lowest BCUT2D eigenvalue weighted by molar-refractivity contribution is -0.145. The highest BCUT2D eigenvalue weighted by atomic mass is 32.2. The number of aromatic nitrogens is 2. The van der Waals surface area contributed by atoms with Gasteiger partial charge < -0.3 is 10.1 Å². The van der Waals surface area contributed by atoms with E-state index >= 15 is 0 Å². The molecule has 1 aliphatic heterocycles. The number of hydrogen-bond acceptors (Lipinski definition) is 6. The number of hydrogen-bond donors (Lipinski definition) is 2. The average molecular weight is 370 g/mol. The number of aromatic amines is 1. The number of amides is 1. The molecule has 13 heteroatoms. The molecule has 0 aliphatic carbocycles. The number of sulfonamides is 1. The van der Waals surface area contributed by atoms with Gasteiger partial charge in [0.25, 0.3) is 0 Å². The molecule has 2 rings (SSSR count). The highest BCUT2D eigenvalue weighted by Gasteiger charge is 2.45. The van der Waals surface area contributed by atoms with E-state index in [0.29, 0.717) is 10.5 Å². The number of methoxy groups -OCH3 is 1. The summed E-state index contributed by atoms with van der Waals surface area (Å²) in [5.74, 6) is -1.67. The molecule has 1 aromatic rings. The monoisotopic (exact) mass is 370 g/mol. The van der Waals surface area contributed by atoms with Gasteiger partial charge in [0, 0.05) is 13.1 Å². The molecular weight excluding hydrogens is 357 g/mol. The number of ether oxygens (including phenoxy) is 1. The summed E-state index contributed by atoms with van der Waals surface area (Å²) < 4.78 is 68.8. The molecule has 0 spiro atoms. The van der Waals surface area contributed by atoms with Crippen LogP contribution in [0, 0.1) is 0 Å². The fraction of sp³-hybridized carbons (Fsp3) is 0.545. The van der Waals surface area contributed by atoms with E-state index in [1.165, 1.54) is 0 Å². The molecule has 0 saturated carbocycles. The van der Waals surface area contributed by atoms with Crippen molar-refractivity contribution in [2.24, 2.45) is 0 Å². The van der Waals surface area contributed by atoms with Crippen LogP contribution in [0.5, 0.6) is 0 Å². The Morgan fingerprint density at radius 2 is 2.17 bits per heavy atom. The Hall–Kier alpha value is -2.15. The zero-order chi connectivity index (χ0) is 18.1. The van der Waals surface area contributed by atoms with Crippen LogP contribution in [0.15, 0.2) is 11.1 Å². The lowest BCUT2D eigenvalue weighted by atomic mass is 10.1. The number of carbonyl (C=O) groups is 2. The van der Waals surface area contributed by atoms with Gasteiger partial charge in [0.1, 0.15) is 10.9 Å². The number of H-pyrrole nitrogens is 1. The van der Waals surface area contributed by atoms with Crippen molar-refractivity contribution >= 4 is 21.9 Å². The summed E-state index contributed by atoms with van der Waals surface area (Å²) in [6, 6.07) is -1.51. The first-order valence-corrected chi connectivity index (χ1v) is 8.00. The van der Waals surface area contributed by atoms with Crippen molar-refractivity contribution in [3.05, 3.63) is 11.9 Å². The SMILES string of the molecule is COC(=O)CC1C(=O)NCCN1S(=O)(=O)c1cn[nH]c1C(F)(F)F. The van der Waals surface area contributed by atoms with Crippen molar-refractivity contribution in [2.75, 3.05) is 20.2 Å². The van der Waals surface area contributed by atoms with E-state index in [0.717, 1.165) is 7.11 Å². The predicted molar refractivity (Wildman–Crippen MR) is 70.9 cm³/mol. The summed E-state index contributed by atoms with van der Waals surface area (Å²) in [4.78, 5) is 22.2. The van der Waals surface area contributed by atoms with E-state index in [2.05, 4.69) is 15.2 Å².